The van der Waals surface area contributed by atoms with Crippen molar-refractivity contribution >= 4 is 16.3 Å². The minimum atomic E-state index is -0.635. The first-order valence-corrected chi connectivity index (χ1v) is 8.90. The van der Waals surface area contributed by atoms with Gasteiger partial charge in [0.15, 0.2) is 0 Å². The Bertz CT molecular complexity index is 1170. The fourth-order valence-electron chi connectivity index (χ4n) is 4.89. The maximum Gasteiger partial charge on any atom is 0.0994 e. The van der Waals surface area contributed by atoms with Gasteiger partial charge in [0.05, 0.1) is 23.1 Å². The lowest BCUT2D eigenvalue weighted by Gasteiger charge is -2.37. The molecule has 0 aromatic heterocycles. The van der Waals surface area contributed by atoms with Crippen LogP contribution in [-0.2, 0) is 11.8 Å². The summed E-state index contributed by atoms with van der Waals surface area (Å²) in [6, 6.07) is 25.8. The third kappa shape index (κ3) is 1.79. The Morgan fingerprint density at radius 1 is 0.923 bits per heavy atom. The highest BCUT2D eigenvalue weighted by molar-refractivity contribution is 5.92. The standard InChI is InChI=1S/C24H16N2/c25-14-18-11-12-24(15-26,21-10-2-1-8-19(18)21)22-13-17-7-3-5-16-6-4-9-20(22)23(16)17/h1-11,22H,12-13H2/t22-,24-/m1/s1. The molecule has 5 rings (SSSR count). The van der Waals surface area contributed by atoms with Crippen molar-refractivity contribution in [3.05, 3.63) is 89.0 Å². The third-order valence-corrected chi connectivity index (χ3v) is 6.06. The quantitative estimate of drug-likeness (QED) is 0.611. The van der Waals surface area contributed by atoms with Crippen molar-refractivity contribution < 1.29 is 0 Å². The molecule has 3 aromatic carbocycles. The summed E-state index contributed by atoms with van der Waals surface area (Å²) in [7, 11) is 0. The molecule has 0 fully saturated rings. The van der Waals surface area contributed by atoms with Crippen molar-refractivity contribution in [2.24, 2.45) is 0 Å². The van der Waals surface area contributed by atoms with Crippen LogP contribution in [0.3, 0.4) is 0 Å². The number of fused-ring (bicyclic) bond motifs is 1. The van der Waals surface area contributed by atoms with E-state index in [2.05, 4.69) is 48.5 Å². The molecule has 0 amide bonds. The van der Waals surface area contributed by atoms with E-state index in [4.69, 9.17) is 0 Å². The van der Waals surface area contributed by atoms with Crippen LogP contribution in [0.1, 0.15) is 34.6 Å². The zero-order valence-corrected chi connectivity index (χ0v) is 14.2. The Kier molecular flexibility index (Phi) is 3.05. The zero-order valence-electron chi connectivity index (χ0n) is 14.2. The van der Waals surface area contributed by atoms with E-state index in [0.717, 1.165) is 17.5 Å². The number of benzene rings is 3. The van der Waals surface area contributed by atoms with Crippen LogP contribution < -0.4 is 0 Å². The van der Waals surface area contributed by atoms with Crippen LogP contribution in [0.25, 0.3) is 16.3 Å². The van der Waals surface area contributed by atoms with E-state index < -0.39 is 5.41 Å². The number of nitrogens with zero attached hydrogens (tertiary/aromatic N) is 2. The van der Waals surface area contributed by atoms with Crippen molar-refractivity contribution in [2.75, 3.05) is 0 Å². The molecule has 2 nitrogen and oxygen atoms in total. The molecule has 0 spiro atoms. The van der Waals surface area contributed by atoms with E-state index in [1.54, 1.807) is 0 Å². The Balaban J connectivity index is 1.77. The summed E-state index contributed by atoms with van der Waals surface area (Å²) in [6.07, 6.45) is 3.40. The molecule has 0 aliphatic heterocycles. The van der Waals surface area contributed by atoms with E-state index >= 15 is 0 Å². The minimum Gasteiger partial charge on any atom is -0.197 e. The summed E-state index contributed by atoms with van der Waals surface area (Å²) >= 11 is 0. The van der Waals surface area contributed by atoms with Crippen molar-refractivity contribution in [3.63, 3.8) is 0 Å². The fourth-order valence-corrected chi connectivity index (χ4v) is 4.89. The second-order valence-corrected chi connectivity index (χ2v) is 7.18. The summed E-state index contributed by atoms with van der Waals surface area (Å²) in [4.78, 5) is 0. The molecule has 2 atom stereocenters. The number of rotatable bonds is 1. The van der Waals surface area contributed by atoms with Crippen molar-refractivity contribution in [1.82, 2.24) is 0 Å². The van der Waals surface area contributed by atoms with E-state index in [1.165, 1.54) is 21.9 Å². The lowest BCUT2D eigenvalue weighted by atomic mass is 9.62. The molecule has 0 saturated carbocycles. The van der Waals surface area contributed by atoms with Crippen molar-refractivity contribution in [2.45, 2.75) is 24.2 Å². The predicted octanol–water partition coefficient (Wildman–Crippen LogP) is 5.25. The van der Waals surface area contributed by atoms with E-state index in [9.17, 15) is 10.5 Å². The van der Waals surface area contributed by atoms with Gasteiger partial charge in [-0.2, -0.15) is 10.5 Å². The molecule has 122 valence electrons. The number of hydrogen-bond donors (Lipinski definition) is 0. The normalized spacial score (nSPS) is 23.0. The van der Waals surface area contributed by atoms with Gasteiger partial charge in [-0.15, -0.1) is 0 Å². The van der Waals surface area contributed by atoms with Gasteiger partial charge in [0.25, 0.3) is 0 Å². The second-order valence-electron chi connectivity index (χ2n) is 7.18. The lowest BCUT2D eigenvalue weighted by molar-refractivity contribution is 0.441. The largest absolute Gasteiger partial charge is 0.197 e. The van der Waals surface area contributed by atoms with Gasteiger partial charge in [-0.1, -0.05) is 66.7 Å². The molecule has 0 N–H and O–H groups in total. The SMILES string of the molecule is N#CC1=CC[C@](C#N)([C@@H]2Cc3cccc4cccc2c34)c2ccccc21. The highest BCUT2D eigenvalue weighted by Gasteiger charge is 2.47. The molecule has 2 aliphatic carbocycles. The van der Waals surface area contributed by atoms with Crippen LogP contribution in [0.15, 0.2) is 66.7 Å². The van der Waals surface area contributed by atoms with Crippen LogP contribution in [0.4, 0.5) is 0 Å². The molecule has 0 unspecified atom stereocenters. The van der Waals surface area contributed by atoms with E-state index in [-0.39, 0.29) is 5.92 Å². The van der Waals surface area contributed by atoms with E-state index in [0.29, 0.717) is 12.0 Å². The summed E-state index contributed by atoms with van der Waals surface area (Å²) < 4.78 is 0. The summed E-state index contributed by atoms with van der Waals surface area (Å²) in [6.45, 7) is 0. The van der Waals surface area contributed by atoms with Gasteiger partial charge in [-0.25, -0.2) is 0 Å². The first-order chi connectivity index (χ1) is 12.8. The van der Waals surface area contributed by atoms with Gasteiger partial charge in [-0.3, -0.25) is 0 Å². The highest BCUT2D eigenvalue weighted by Crippen LogP contribution is 2.53. The average molecular weight is 332 g/mol. The molecule has 0 radical (unpaired) electrons. The van der Waals surface area contributed by atoms with Crippen LogP contribution >= 0.6 is 0 Å². The van der Waals surface area contributed by atoms with Crippen LogP contribution in [0.2, 0.25) is 0 Å². The Labute approximate surface area is 152 Å². The molecule has 26 heavy (non-hydrogen) atoms. The van der Waals surface area contributed by atoms with Crippen molar-refractivity contribution in [3.8, 4) is 12.1 Å². The van der Waals surface area contributed by atoms with Gasteiger partial charge in [0, 0.05) is 5.92 Å². The molecular weight excluding hydrogens is 316 g/mol. The lowest BCUT2D eigenvalue weighted by Crippen LogP contribution is -2.34. The molecule has 2 aliphatic rings. The van der Waals surface area contributed by atoms with Crippen LogP contribution in [0.5, 0.6) is 0 Å². The number of hydrogen-bond acceptors (Lipinski definition) is 2. The van der Waals surface area contributed by atoms with Gasteiger partial charge >= 0.3 is 0 Å². The number of nitriles is 2. The second kappa shape index (κ2) is 5.32. The third-order valence-electron chi connectivity index (χ3n) is 6.06. The van der Waals surface area contributed by atoms with Gasteiger partial charge < -0.3 is 0 Å². The van der Waals surface area contributed by atoms with Gasteiger partial charge in [0.1, 0.15) is 0 Å². The first kappa shape index (κ1) is 14.9. The van der Waals surface area contributed by atoms with Crippen LogP contribution in [0, 0.1) is 22.7 Å². The monoisotopic (exact) mass is 332 g/mol. The summed E-state index contributed by atoms with van der Waals surface area (Å²) in [5.41, 5.74) is 4.54. The fraction of sp³-hybridized carbons (Fsp3) is 0.167. The zero-order chi connectivity index (χ0) is 17.7. The Hall–Kier alpha value is -3.36. The summed E-state index contributed by atoms with van der Waals surface area (Å²) in [5.74, 6) is 0.103. The molecular formula is C24H16N2. The Morgan fingerprint density at radius 3 is 2.54 bits per heavy atom. The van der Waals surface area contributed by atoms with Crippen molar-refractivity contribution in [1.29, 1.82) is 10.5 Å². The van der Waals surface area contributed by atoms with E-state index in [1.807, 2.05) is 30.3 Å². The molecule has 0 saturated heterocycles. The number of allylic oxidation sites excluding steroid dienone is 2. The van der Waals surface area contributed by atoms with Gasteiger partial charge in [0.2, 0.25) is 0 Å². The first-order valence-electron chi connectivity index (χ1n) is 8.90. The smallest absolute Gasteiger partial charge is 0.0994 e. The molecule has 2 heteroatoms. The average Bonchev–Trinajstić information content (AvgIpc) is 3.08. The maximum atomic E-state index is 10.4. The molecule has 3 aromatic rings. The minimum absolute atomic E-state index is 0.103. The van der Waals surface area contributed by atoms with Gasteiger partial charge in [-0.05, 0) is 45.9 Å². The topological polar surface area (TPSA) is 47.6 Å². The predicted molar refractivity (Wildman–Crippen MR) is 102 cm³/mol. The summed E-state index contributed by atoms with van der Waals surface area (Å²) in [5, 5.41) is 22.4. The molecule has 0 heterocycles. The van der Waals surface area contributed by atoms with Crippen LogP contribution in [-0.4, -0.2) is 0 Å². The highest BCUT2D eigenvalue weighted by atomic mass is 14.5. The Morgan fingerprint density at radius 2 is 1.73 bits per heavy atom. The molecule has 0 bridgehead atoms. The maximum absolute atomic E-state index is 10.4.